The Hall–Kier alpha value is -2.05. The molecule has 3 rings (SSSR count). The van der Waals surface area contributed by atoms with E-state index >= 15 is 0 Å². The lowest BCUT2D eigenvalue weighted by atomic mass is 10.2. The van der Waals surface area contributed by atoms with E-state index < -0.39 is 0 Å². The fourth-order valence-electron chi connectivity index (χ4n) is 2.23. The van der Waals surface area contributed by atoms with Crippen molar-refractivity contribution in [2.75, 3.05) is 42.3 Å². The molecule has 0 radical (unpaired) electrons. The summed E-state index contributed by atoms with van der Waals surface area (Å²) in [6.45, 7) is 2.99. The standard InChI is InChI=1S/C14H16ClN5O/c15-14-17-9-12(20-4-6-21-7-5-20)13(19-14)18-11-3-1-2-10(16)8-11/h1-3,8-9H,4-7,16H2,(H,17,18,19). The number of anilines is 4. The van der Waals surface area contributed by atoms with Crippen LogP contribution in [0.1, 0.15) is 0 Å². The van der Waals surface area contributed by atoms with Crippen LogP contribution in [0.4, 0.5) is 22.9 Å². The van der Waals surface area contributed by atoms with Gasteiger partial charge in [-0.15, -0.1) is 0 Å². The zero-order chi connectivity index (χ0) is 14.7. The van der Waals surface area contributed by atoms with E-state index in [4.69, 9.17) is 22.1 Å². The molecule has 6 nitrogen and oxygen atoms in total. The fraction of sp³-hybridized carbons (Fsp3) is 0.286. The molecule has 1 aliphatic heterocycles. The second-order valence-electron chi connectivity index (χ2n) is 4.72. The average molecular weight is 306 g/mol. The highest BCUT2D eigenvalue weighted by molar-refractivity contribution is 6.28. The van der Waals surface area contributed by atoms with Crippen LogP contribution in [0.3, 0.4) is 0 Å². The van der Waals surface area contributed by atoms with Crippen molar-refractivity contribution in [2.45, 2.75) is 0 Å². The molecule has 1 fully saturated rings. The van der Waals surface area contributed by atoms with Gasteiger partial charge in [0.2, 0.25) is 5.28 Å². The third kappa shape index (κ3) is 3.34. The molecule has 2 heterocycles. The number of hydrogen-bond donors (Lipinski definition) is 2. The molecule has 0 spiro atoms. The minimum absolute atomic E-state index is 0.207. The Morgan fingerprint density at radius 2 is 2.10 bits per heavy atom. The molecule has 1 aliphatic rings. The first-order valence-electron chi connectivity index (χ1n) is 6.70. The Balaban J connectivity index is 1.90. The normalized spacial score (nSPS) is 15.0. The number of aromatic nitrogens is 2. The summed E-state index contributed by atoms with van der Waals surface area (Å²) in [7, 11) is 0. The van der Waals surface area contributed by atoms with Crippen LogP contribution in [0.25, 0.3) is 0 Å². The van der Waals surface area contributed by atoms with E-state index in [1.165, 1.54) is 0 Å². The molecular formula is C14H16ClN5O. The Morgan fingerprint density at radius 3 is 2.86 bits per heavy atom. The van der Waals surface area contributed by atoms with Crippen LogP contribution in [0.2, 0.25) is 5.28 Å². The Bertz CT molecular complexity index is 631. The van der Waals surface area contributed by atoms with Gasteiger partial charge in [0.15, 0.2) is 5.82 Å². The van der Waals surface area contributed by atoms with Gasteiger partial charge in [-0.3, -0.25) is 0 Å². The maximum absolute atomic E-state index is 5.92. The minimum Gasteiger partial charge on any atom is -0.399 e. The number of halogens is 1. The summed E-state index contributed by atoms with van der Waals surface area (Å²) in [6.07, 6.45) is 1.73. The highest BCUT2D eigenvalue weighted by Gasteiger charge is 2.17. The third-order valence-electron chi connectivity index (χ3n) is 3.24. The van der Waals surface area contributed by atoms with Crippen molar-refractivity contribution in [3.05, 3.63) is 35.7 Å². The van der Waals surface area contributed by atoms with Gasteiger partial charge in [-0.2, -0.15) is 4.98 Å². The van der Waals surface area contributed by atoms with Gasteiger partial charge >= 0.3 is 0 Å². The van der Waals surface area contributed by atoms with Crippen molar-refractivity contribution < 1.29 is 4.74 Å². The second kappa shape index (κ2) is 6.15. The molecule has 0 saturated carbocycles. The molecular weight excluding hydrogens is 290 g/mol. The van der Waals surface area contributed by atoms with Crippen LogP contribution in [0.15, 0.2) is 30.5 Å². The largest absolute Gasteiger partial charge is 0.399 e. The summed E-state index contributed by atoms with van der Waals surface area (Å²) in [5.74, 6) is 0.669. The van der Waals surface area contributed by atoms with Crippen LogP contribution >= 0.6 is 11.6 Å². The summed E-state index contributed by atoms with van der Waals surface area (Å²) in [6, 6.07) is 7.49. The van der Waals surface area contributed by atoms with E-state index in [1.54, 1.807) is 6.20 Å². The van der Waals surface area contributed by atoms with Crippen LogP contribution in [-0.2, 0) is 4.74 Å². The molecule has 3 N–H and O–H groups in total. The lowest BCUT2D eigenvalue weighted by molar-refractivity contribution is 0.122. The number of morpholine rings is 1. The molecule has 1 aromatic heterocycles. The third-order valence-corrected chi connectivity index (χ3v) is 3.42. The first-order chi connectivity index (χ1) is 10.2. The predicted octanol–water partition coefficient (Wildman–Crippen LogP) is 2.29. The molecule has 0 unspecified atom stereocenters. The molecule has 2 aromatic rings. The van der Waals surface area contributed by atoms with Gasteiger partial charge in [0, 0.05) is 24.5 Å². The lowest BCUT2D eigenvalue weighted by Gasteiger charge is -2.29. The molecule has 1 saturated heterocycles. The zero-order valence-electron chi connectivity index (χ0n) is 11.4. The van der Waals surface area contributed by atoms with Gasteiger partial charge in [-0.1, -0.05) is 6.07 Å². The number of nitrogens with two attached hydrogens (primary N) is 1. The van der Waals surface area contributed by atoms with Crippen molar-refractivity contribution in [3.8, 4) is 0 Å². The highest BCUT2D eigenvalue weighted by Crippen LogP contribution is 2.28. The summed E-state index contributed by atoms with van der Waals surface area (Å²) < 4.78 is 5.37. The average Bonchev–Trinajstić information content (AvgIpc) is 2.48. The van der Waals surface area contributed by atoms with E-state index in [0.29, 0.717) is 24.7 Å². The van der Waals surface area contributed by atoms with E-state index in [2.05, 4.69) is 20.2 Å². The highest BCUT2D eigenvalue weighted by atomic mass is 35.5. The van der Waals surface area contributed by atoms with Crippen LogP contribution in [0.5, 0.6) is 0 Å². The Morgan fingerprint density at radius 1 is 1.29 bits per heavy atom. The van der Waals surface area contributed by atoms with Crippen molar-refractivity contribution >= 4 is 34.5 Å². The van der Waals surface area contributed by atoms with Crippen LogP contribution in [-0.4, -0.2) is 36.3 Å². The van der Waals surface area contributed by atoms with Crippen LogP contribution in [0, 0.1) is 0 Å². The first-order valence-corrected chi connectivity index (χ1v) is 7.08. The maximum atomic E-state index is 5.92. The van der Waals surface area contributed by atoms with Gasteiger partial charge in [0.25, 0.3) is 0 Å². The monoisotopic (exact) mass is 305 g/mol. The number of nitrogens with zero attached hydrogens (tertiary/aromatic N) is 3. The molecule has 110 valence electrons. The topological polar surface area (TPSA) is 76.3 Å². The second-order valence-corrected chi connectivity index (χ2v) is 5.06. The maximum Gasteiger partial charge on any atom is 0.224 e. The van der Waals surface area contributed by atoms with E-state index in [9.17, 15) is 0 Å². The summed E-state index contributed by atoms with van der Waals surface area (Å²) in [5.41, 5.74) is 8.25. The van der Waals surface area contributed by atoms with Gasteiger partial charge in [0.05, 0.1) is 25.1 Å². The minimum atomic E-state index is 0.207. The molecule has 0 aliphatic carbocycles. The molecule has 0 amide bonds. The van der Waals surface area contributed by atoms with E-state index in [1.807, 2.05) is 24.3 Å². The lowest BCUT2D eigenvalue weighted by Crippen LogP contribution is -2.36. The molecule has 0 bridgehead atoms. The van der Waals surface area contributed by atoms with Gasteiger partial charge < -0.3 is 20.7 Å². The Kier molecular flexibility index (Phi) is 4.08. The van der Waals surface area contributed by atoms with Crippen molar-refractivity contribution in [1.82, 2.24) is 9.97 Å². The number of benzene rings is 1. The number of hydrogen-bond acceptors (Lipinski definition) is 6. The van der Waals surface area contributed by atoms with Crippen molar-refractivity contribution in [1.29, 1.82) is 0 Å². The van der Waals surface area contributed by atoms with Gasteiger partial charge in [0.1, 0.15) is 0 Å². The SMILES string of the molecule is Nc1cccc(Nc2nc(Cl)ncc2N2CCOCC2)c1. The van der Waals surface area contributed by atoms with Gasteiger partial charge in [-0.25, -0.2) is 4.98 Å². The molecule has 0 atom stereocenters. The first kappa shape index (κ1) is 13.9. The quantitative estimate of drug-likeness (QED) is 0.669. The fourth-order valence-corrected chi connectivity index (χ4v) is 2.37. The van der Waals surface area contributed by atoms with E-state index in [0.717, 1.165) is 24.5 Å². The summed E-state index contributed by atoms with van der Waals surface area (Å²) in [5, 5.41) is 3.46. The van der Waals surface area contributed by atoms with Gasteiger partial charge in [-0.05, 0) is 29.8 Å². The summed E-state index contributed by atoms with van der Waals surface area (Å²) in [4.78, 5) is 10.5. The molecule has 1 aromatic carbocycles. The van der Waals surface area contributed by atoms with Crippen molar-refractivity contribution in [2.24, 2.45) is 0 Å². The Labute approximate surface area is 127 Å². The molecule has 7 heteroatoms. The number of ether oxygens (including phenoxy) is 1. The zero-order valence-corrected chi connectivity index (χ0v) is 12.2. The number of nitrogen functional groups attached to an aromatic ring is 1. The predicted molar refractivity (Wildman–Crippen MR) is 84.2 cm³/mol. The van der Waals surface area contributed by atoms with Crippen LogP contribution < -0.4 is 16.0 Å². The smallest absolute Gasteiger partial charge is 0.224 e. The number of rotatable bonds is 3. The van der Waals surface area contributed by atoms with Crippen molar-refractivity contribution in [3.63, 3.8) is 0 Å². The number of nitrogens with one attached hydrogen (secondary N) is 1. The molecule has 21 heavy (non-hydrogen) atoms. The van der Waals surface area contributed by atoms with E-state index in [-0.39, 0.29) is 5.28 Å². The summed E-state index contributed by atoms with van der Waals surface area (Å²) >= 11 is 5.92.